The molecule has 1 unspecified atom stereocenters. The van der Waals surface area contributed by atoms with E-state index in [2.05, 4.69) is 4.98 Å². The first kappa shape index (κ1) is 16.8. The monoisotopic (exact) mass is 364 g/mol. The molecule has 0 aliphatic rings. The third-order valence-corrected chi connectivity index (χ3v) is 3.94. The summed E-state index contributed by atoms with van der Waals surface area (Å²) in [4.78, 5) is 16.6. The van der Waals surface area contributed by atoms with Crippen molar-refractivity contribution in [2.45, 2.75) is 12.6 Å². The molecule has 0 spiro atoms. The zero-order chi connectivity index (χ0) is 17.1. The summed E-state index contributed by atoms with van der Waals surface area (Å²) in [7, 11) is 0. The fourth-order valence-electron chi connectivity index (χ4n) is 2.26. The van der Waals surface area contributed by atoms with Gasteiger partial charge in [-0.25, -0.2) is 4.98 Å². The van der Waals surface area contributed by atoms with Crippen molar-refractivity contribution < 1.29 is 9.84 Å². The van der Waals surface area contributed by atoms with E-state index in [1.165, 1.54) is 10.9 Å². The fraction of sp³-hybridized carbons (Fsp3) is 0.176. The lowest BCUT2D eigenvalue weighted by Crippen LogP contribution is -2.30. The summed E-state index contributed by atoms with van der Waals surface area (Å²) in [6, 6.07) is 11.7. The smallest absolute Gasteiger partial charge is 0.261 e. The second-order valence-electron chi connectivity index (χ2n) is 5.28. The Kier molecular flexibility index (Phi) is 5.04. The van der Waals surface area contributed by atoms with E-state index in [0.717, 1.165) is 0 Å². The van der Waals surface area contributed by atoms with E-state index in [0.29, 0.717) is 26.7 Å². The molecular formula is C17H14Cl2N2O3. The van der Waals surface area contributed by atoms with Gasteiger partial charge >= 0.3 is 0 Å². The van der Waals surface area contributed by atoms with Crippen LogP contribution in [0.25, 0.3) is 10.9 Å². The van der Waals surface area contributed by atoms with Crippen LogP contribution in [0.1, 0.15) is 0 Å². The summed E-state index contributed by atoms with van der Waals surface area (Å²) >= 11 is 11.7. The molecule has 3 aromatic rings. The summed E-state index contributed by atoms with van der Waals surface area (Å²) in [5, 5.41) is 11.6. The summed E-state index contributed by atoms with van der Waals surface area (Å²) in [5.41, 5.74) is 0.306. The van der Waals surface area contributed by atoms with Gasteiger partial charge in [0.05, 0.1) is 23.8 Å². The van der Waals surface area contributed by atoms with Crippen LogP contribution in [0.2, 0.25) is 10.0 Å². The van der Waals surface area contributed by atoms with Gasteiger partial charge < -0.3 is 9.84 Å². The minimum atomic E-state index is -0.864. The lowest BCUT2D eigenvalue weighted by molar-refractivity contribution is 0.0915. The van der Waals surface area contributed by atoms with E-state index in [9.17, 15) is 9.90 Å². The molecule has 0 amide bonds. The van der Waals surface area contributed by atoms with Crippen LogP contribution in [-0.2, 0) is 6.54 Å². The fourth-order valence-corrected chi connectivity index (χ4v) is 2.56. The Hall–Kier alpha value is -2.08. The van der Waals surface area contributed by atoms with Gasteiger partial charge in [0.1, 0.15) is 18.5 Å². The van der Waals surface area contributed by atoms with Gasteiger partial charge in [0.2, 0.25) is 0 Å². The van der Waals surface area contributed by atoms with Gasteiger partial charge in [-0.15, -0.1) is 0 Å². The molecule has 124 valence electrons. The molecule has 5 nitrogen and oxygen atoms in total. The summed E-state index contributed by atoms with van der Waals surface area (Å²) < 4.78 is 6.82. The summed E-state index contributed by atoms with van der Waals surface area (Å²) in [6.45, 7) is 0.115. The van der Waals surface area contributed by atoms with Gasteiger partial charge in [-0.05, 0) is 42.5 Å². The highest BCUT2D eigenvalue weighted by atomic mass is 35.5. The molecule has 0 aliphatic carbocycles. The van der Waals surface area contributed by atoms with Crippen molar-refractivity contribution in [1.82, 2.24) is 9.55 Å². The Morgan fingerprint density at radius 2 is 1.83 bits per heavy atom. The third kappa shape index (κ3) is 3.87. The standard InChI is InChI=1S/C17H14Cl2N2O3/c18-11-1-4-14(5-2-11)24-9-13(22)8-21-10-20-16-6-3-12(19)7-15(16)17(21)23/h1-7,10,13,22H,8-9H2. The molecule has 24 heavy (non-hydrogen) atoms. The minimum Gasteiger partial charge on any atom is -0.491 e. The number of aliphatic hydroxyl groups is 1. The van der Waals surface area contributed by atoms with E-state index in [-0.39, 0.29) is 18.7 Å². The second kappa shape index (κ2) is 7.21. The SMILES string of the molecule is O=c1c2cc(Cl)ccc2ncn1CC(O)COc1ccc(Cl)cc1. The summed E-state index contributed by atoms with van der Waals surface area (Å²) in [5.74, 6) is 0.592. The van der Waals surface area contributed by atoms with Crippen molar-refractivity contribution >= 4 is 34.1 Å². The highest BCUT2D eigenvalue weighted by Gasteiger charge is 2.10. The van der Waals surface area contributed by atoms with Crippen LogP contribution in [-0.4, -0.2) is 27.4 Å². The van der Waals surface area contributed by atoms with Gasteiger partial charge in [-0.1, -0.05) is 23.2 Å². The molecule has 1 N–H and O–H groups in total. The average molecular weight is 365 g/mol. The zero-order valence-corrected chi connectivity index (χ0v) is 14.0. The first-order chi connectivity index (χ1) is 11.5. The van der Waals surface area contributed by atoms with Crippen molar-refractivity contribution in [2.24, 2.45) is 0 Å². The molecule has 0 bridgehead atoms. The first-order valence-corrected chi connectivity index (χ1v) is 7.99. The van der Waals surface area contributed by atoms with Crippen LogP contribution in [0, 0.1) is 0 Å². The van der Waals surface area contributed by atoms with E-state index in [4.69, 9.17) is 27.9 Å². The number of fused-ring (bicyclic) bond motifs is 1. The molecule has 0 aliphatic heterocycles. The van der Waals surface area contributed by atoms with Crippen molar-refractivity contribution in [2.75, 3.05) is 6.61 Å². The molecule has 7 heteroatoms. The number of nitrogens with zero attached hydrogens (tertiary/aromatic N) is 2. The zero-order valence-electron chi connectivity index (χ0n) is 12.5. The maximum Gasteiger partial charge on any atom is 0.261 e. The van der Waals surface area contributed by atoms with Crippen LogP contribution < -0.4 is 10.3 Å². The maximum absolute atomic E-state index is 12.4. The number of aromatic nitrogens is 2. The van der Waals surface area contributed by atoms with E-state index >= 15 is 0 Å². The number of rotatable bonds is 5. The summed E-state index contributed by atoms with van der Waals surface area (Å²) in [6.07, 6.45) is 0.543. The van der Waals surface area contributed by atoms with Gasteiger partial charge in [-0.3, -0.25) is 9.36 Å². The highest BCUT2D eigenvalue weighted by molar-refractivity contribution is 6.31. The highest BCUT2D eigenvalue weighted by Crippen LogP contribution is 2.16. The molecule has 0 fully saturated rings. The van der Waals surface area contributed by atoms with Gasteiger partial charge in [0, 0.05) is 10.0 Å². The number of hydrogen-bond acceptors (Lipinski definition) is 4. The Morgan fingerprint density at radius 3 is 2.58 bits per heavy atom. The Morgan fingerprint density at radius 1 is 1.12 bits per heavy atom. The minimum absolute atomic E-state index is 0.0433. The van der Waals surface area contributed by atoms with Crippen molar-refractivity contribution in [3.63, 3.8) is 0 Å². The van der Waals surface area contributed by atoms with Crippen molar-refractivity contribution in [3.05, 3.63) is 69.2 Å². The predicted molar refractivity (Wildman–Crippen MR) is 94.0 cm³/mol. The molecule has 0 radical (unpaired) electrons. The van der Waals surface area contributed by atoms with E-state index in [1.54, 1.807) is 42.5 Å². The van der Waals surface area contributed by atoms with Crippen LogP contribution in [0.15, 0.2) is 53.6 Å². The number of ether oxygens (including phenoxy) is 1. The topological polar surface area (TPSA) is 64.4 Å². The lowest BCUT2D eigenvalue weighted by Gasteiger charge is -2.14. The third-order valence-electron chi connectivity index (χ3n) is 3.45. The van der Waals surface area contributed by atoms with E-state index in [1.807, 2.05) is 0 Å². The molecule has 2 aromatic carbocycles. The van der Waals surface area contributed by atoms with Crippen LogP contribution >= 0.6 is 23.2 Å². The molecule has 1 aromatic heterocycles. The number of aliphatic hydroxyl groups excluding tert-OH is 1. The molecule has 1 heterocycles. The molecular weight excluding hydrogens is 351 g/mol. The lowest BCUT2D eigenvalue weighted by atomic mass is 10.2. The van der Waals surface area contributed by atoms with Gasteiger partial charge in [0.25, 0.3) is 5.56 Å². The quantitative estimate of drug-likeness (QED) is 0.755. The van der Waals surface area contributed by atoms with Gasteiger partial charge in [-0.2, -0.15) is 0 Å². The molecule has 1 atom stereocenters. The van der Waals surface area contributed by atoms with Crippen LogP contribution in [0.3, 0.4) is 0 Å². The second-order valence-corrected chi connectivity index (χ2v) is 6.16. The predicted octanol–water partition coefficient (Wildman–Crippen LogP) is 3.14. The van der Waals surface area contributed by atoms with Crippen molar-refractivity contribution in [3.8, 4) is 5.75 Å². The van der Waals surface area contributed by atoms with E-state index < -0.39 is 6.10 Å². The number of halogens is 2. The number of hydrogen-bond donors (Lipinski definition) is 1. The Balaban J connectivity index is 1.71. The Labute approximate surface area is 148 Å². The maximum atomic E-state index is 12.4. The van der Waals surface area contributed by atoms with Crippen molar-refractivity contribution in [1.29, 1.82) is 0 Å². The Bertz CT molecular complexity index is 910. The largest absolute Gasteiger partial charge is 0.491 e. The van der Waals surface area contributed by atoms with Crippen LogP contribution in [0.4, 0.5) is 0 Å². The molecule has 0 saturated heterocycles. The normalized spacial score (nSPS) is 12.3. The molecule has 0 saturated carbocycles. The van der Waals surface area contributed by atoms with Gasteiger partial charge in [0.15, 0.2) is 0 Å². The molecule has 3 rings (SSSR count). The number of benzene rings is 2. The first-order valence-electron chi connectivity index (χ1n) is 7.24. The van der Waals surface area contributed by atoms with Crippen LogP contribution in [0.5, 0.6) is 5.75 Å². The average Bonchev–Trinajstić information content (AvgIpc) is 2.57.